The Kier molecular flexibility index (Phi) is 7.27. The lowest BCUT2D eigenvalue weighted by molar-refractivity contribution is -0.123. The fourth-order valence-electron chi connectivity index (χ4n) is 3.31. The third-order valence-electron chi connectivity index (χ3n) is 4.71. The van der Waals surface area contributed by atoms with E-state index in [2.05, 4.69) is 16.3 Å². The van der Waals surface area contributed by atoms with E-state index in [1.165, 1.54) is 22.6 Å². The molecule has 0 aliphatic carbocycles. The van der Waals surface area contributed by atoms with E-state index in [0.29, 0.717) is 5.02 Å². The van der Waals surface area contributed by atoms with Crippen LogP contribution in [0.5, 0.6) is 0 Å². The zero-order chi connectivity index (χ0) is 21.7. The van der Waals surface area contributed by atoms with Crippen LogP contribution in [0.15, 0.2) is 70.9 Å². The molecular formula is C21H21ClN2O4S2. The minimum absolute atomic E-state index is 0.0741. The summed E-state index contributed by atoms with van der Waals surface area (Å²) in [6.07, 6.45) is 0.960. The van der Waals surface area contributed by atoms with Crippen molar-refractivity contribution >= 4 is 39.0 Å². The van der Waals surface area contributed by atoms with Gasteiger partial charge in [-0.05, 0) is 47.2 Å². The number of primary amides is 1. The van der Waals surface area contributed by atoms with E-state index in [-0.39, 0.29) is 10.8 Å². The first-order valence-corrected chi connectivity index (χ1v) is 11.8. The quantitative estimate of drug-likeness (QED) is 0.570. The summed E-state index contributed by atoms with van der Waals surface area (Å²) in [5.74, 6) is -0.350. The van der Waals surface area contributed by atoms with E-state index in [0.717, 1.165) is 25.1 Å². The normalized spacial score (nSPS) is 14.9. The van der Waals surface area contributed by atoms with Crippen LogP contribution in [0.1, 0.15) is 22.0 Å². The van der Waals surface area contributed by atoms with Crippen LogP contribution in [0, 0.1) is 0 Å². The summed E-state index contributed by atoms with van der Waals surface area (Å²) in [6, 6.07) is 16.5. The highest BCUT2D eigenvalue weighted by Gasteiger charge is 2.30. The largest absolute Gasteiger partial charge is 0.368 e. The lowest BCUT2D eigenvalue weighted by Crippen LogP contribution is -2.40. The first-order chi connectivity index (χ1) is 14.3. The Labute approximate surface area is 184 Å². The number of carbonyl (C=O) groups excluding carboxylic acids is 1. The zero-order valence-electron chi connectivity index (χ0n) is 15.9. The molecule has 2 aromatic carbocycles. The van der Waals surface area contributed by atoms with Crippen molar-refractivity contribution in [2.24, 2.45) is 5.73 Å². The van der Waals surface area contributed by atoms with Gasteiger partial charge in [-0.2, -0.15) is 8.42 Å². The van der Waals surface area contributed by atoms with E-state index < -0.39 is 16.2 Å². The van der Waals surface area contributed by atoms with Gasteiger partial charge in [-0.1, -0.05) is 48.0 Å². The maximum absolute atomic E-state index is 11.9. The molecule has 6 nitrogen and oxygen atoms in total. The number of halogens is 1. The van der Waals surface area contributed by atoms with Gasteiger partial charge in [0.1, 0.15) is 6.04 Å². The summed E-state index contributed by atoms with van der Waals surface area (Å²) in [6.45, 7) is 1.57. The second-order valence-corrected chi connectivity index (χ2v) is 9.53. The predicted molar refractivity (Wildman–Crippen MR) is 118 cm³/mol. The molecule has 0 bridgehead atoms. The molecule has 1 aromatic heterocycles. The van der Waals surface area contributed by atoms with Gasteiger partial charge in [-0.3, -0.25) is 14.2 Å². The van der Waals surface area contributed by atoms with Crippen LogP contribution in [0.25, 0.3) is 0 Å². The molecule has 3 N–H and O–H groups in total. The molecule has 1 atom stereocenters. The van der Waals surface area contributed by atoms with Crippen LogP contribution in [0.2, 0.25) is 5.02 Å². The molecule has 158 valence electrons. The first kappa shape index (κ1) is 22.5. The number of thiophene rings is 1. The number of benzene rings is 2. The molecular weight excluding hydrogens is 444 g/mol. The van der Waals surface area contributed by atoms with Crippen LogP contribution < -0.4 is 5.73 Å². The topological polar surface area (TPSA) is 101 Å². The minimum atomic E-state index is -4.00. The molecule has 30 heavy (non-hydrogen) atoms. The summed E-state index contributed by atoms with van der Waals surface area (Å²) in [5.41, 5.74) is 7.71. The van der Waals surface area contributed by atoms with Crippen molar-refractivity contribution in [3.05, 3.63) is 87.1 Å². The van der Waals surface area contributed by atoms with Crippen molar-refractivity contribution < 1.29 is 17.8 Å². The highest BCUT2D eigenvalue weighted by molar-refractivity contribution is 7.85. The van der Waals surface area contributed by atoms with Gasteiger partial charge in [0.05, 0.1) is 4.90 Å². The van der Waals surface area contributed by atoms with E-state index in [1.807, 2.05) is 18.2 Å². The Balaban J connectivity index is 0.000000216. The van der Waals surface area contributed by atoms with Crippen LogP contribution in [0.3, 0.4) is 0 Å². The maximum Gasteiger partial charge on any atom is 0.294 e. The number of amides is 1. The molecule has 0 saturated heterocycles. The van der Waals surface area contributed by atoms with Crippen molar-refractivity contribution in [1.82, 2.24) is 4.90 Å². The van der Waals surface area contributed by atoms with Crippen molar-refractivity contribution in [1.29, 1.82) is 0 Å². The molecule has 2 heterocycles. The van der Waals surface area contributed by atoms with Crippen molar-refractivity contribution in [2.75, 3.05) is 6.54 Å². The Morgan fingerprint density at radius 2 is 1.77 bits per heavy atom. The summed E-state index contributed by atoms with van der Waals surface area (Å²) in [7, 11) is -4.00. The van der Waals surface area contributed by atoms with E-state index in [9.17, 15) is 13.2 Å². The van der Waals surface area contributed by atoms with Gasteiger partial charge in [0.25, 0.3) is 10.1 Å². The summed E-state index contributed by atoms with van der Waals surface area (Å²) < 4.78 is 29.2. The molecule has 0 radical (unpaired) electrons. The van der Waals surface area contributed by atoms with Gasteiger partial charge in [0, 0.05) is 23.0 Å². The maximum atomic E-state index is 11.9. The van der Waals surface area contributed by atoms with Crippen LogP contribution in [-0.4, -0.2) is 30.3 Å². The van der Waals surface area contributed by atoms with Crippen LogP contribution >= 0.6 is 22.9 Å². The number of nitrogens with zero attached hydrogens (tertiary/aromatic N) is 1. The third kappa shape index (κ3) is 5.47. The van der Waals surface area contributed by atoms with Gasteiger partial charge in [-0.15, -0.1) is 11.3 Å². The molecule has 1 aliphatic rings. The van der Waals surface area contributed by atoms with Crippen molar-refractivity contribution in [3.8, 4) is 0 Å². The first-order valence-electron chi connectivity index (χ1n) is 9.13. The zero-order valence-corrected chi connectivity index (χ0v) is 18.3. The number of nitrogens with two attached hydrogens (primary N) is 1. The summed E-state index contributed by atoms with van der Waals surface area (Å²) >= 11 is 8.01. The van der Waals surface area contributed by atoms with Gasteiger partial charge < -0.3 is 5.73 Å². The Hall–Kier alpha value is -2.23. The van der Waals surface area contributed by atoms with Crippen LogP contribution in [0.4, 0.5) is 0 Å². The number of hydrogen-bond acceptors (Lipinski definition) is 5. The third-order valence-corrected chi connectivity index (χ3v) is 6.95. The number of fused-ring (bicyclic) bond motifs is 1. The lowest BCUT2D eigenvalue weighted by atomic mass is 10.0. The van der Waals surface area contributed by atoms with Crippen LogP contribution in [-0.2, 0) is 27.9 Å². The fourth-order valence-corrected chi connectivity index (χ4v) is 4.94. The second kappa shape index (κ2) is 9.72. The number of carbonyl (C=O) groups is 1. The Morgan fingerprint density at radius 3 is 2.37 bits per heavy atom. The van der Waals surface area contributed by atoms with E-state index in [4.69, 9.17) is 21.9 Å². The molecule has 1 amide bonds. The van der Waals surface area contributed by atoms with E-state index in [1.54, 1.807) is 35.6 Å². The van der Waals surface area contributed by atoms with Crippen molar-refractivity contribution in [3.63, 3.8) is 0 Å². The molecule has 4 rings (SSSR count). The molecule has 0 saturated carbocycles. The molecule has 1 aliphatic heterocycles. The Morgan fingerprint density at radius 1 is 1.10 bits per heavy atom. The number of hydrogen-bond donors (Lipinski definition) is 2. The van der Waals surface area contributed by atoms with Gasteiger partial charge >= 0.3 is 0 Å². The minimum Gasteiger partial charge on any atom is -0.368 e. The van der Waals surface area contributed by atoms with Gasteiger partial charge in [-0.25, -0.2) is 0 Å². The van der Waals surface area contributed by atoms with Gasteiger partial charge in [0.2, 0.25) is 5.91 Å². The molecule has 0 fully saturated rings. The highest BCUT2D eigenvalue weighted by atomic mass is 35.5. The van der Waals surface area contributed by atoms with E-state index >= 15 is 0 Å². The summed E-state index contributed by atoms with van der Waals surface area (Å²) in [5, 5.41) is 2.69. The number of rotatable bonds is 4. The van der Waals surface area contributed by atoms with Gasteiger partial charge in [0.15, 0.2) is 0 Å². The Bertz CT molecular complexity index is 1120. The summed E-state index contributed by atoms with van der Waals surface area (Å²) in [4.78, 5) is 15.4. The average Bonchev–Trinajstić information content (AvgIpc) is 3.18. The van der Waals surface area contributed by atoms with Crippen molar-refractivity contribution in [2.45, 2.75) is 23.9 Å². The average molecular weight is 465 g/mol. The monoisotopic (exact) mass is 464 g/mol. The molecule has 0 unspecified atom stereocenters. The second-order valence-electron chi connectivity index (χ2n) is 6.70. The molecule has 0 spiro atoms. The predicted octanol–water partition coefficient (Wildman–Crippen LogP) is 3.92. The smallest absolute Gasteiger partial charge is 0.294 e. The fraction of sp³-hybridized carbons (Fsp3) is 0.190. The molecule has 3 aromatic rings. The molecule has 9 heteroatoms. The standard InChI is InChI=1S/C15H15ClN2OS.C6H6O3S/c16-12-4-2-1-3-11(12)14(15(17)19)18-7-5-13-10(9-18)6-8-20-13;7-10(8,9)6-4-2-1-3-5-6/h1-4,6,8,14H,5,7,9H2,(H2,17,19);1-5H,(H,7,8,9)/t14-;/m1./s1. The SMILES string of the molecule is NC(=O)[C@@H](c1ccccc1Cl)N1CCc2sccc2C1.O=S(=O)(O)c1ccccc1. The highest BCUT2D eigenvalue weighted by Crippen LogP contribution is 2.33. The lowest BCUT2D eigenvalue weighted by Gasteiger charge is -2.33.